The van der Waals surface area contributed by atoms with Crippen molar-refractivity contribution in [3.63, 3.8) is 0 Å². The molecule has 0 fully saturated rings. The minimum Gasteiger partial charge on any atom is -0.248 e. The molecule has 4 nitrogen and oxygen atoms in total. The van der Waals surface area contributed by atoms with Crippen molar-refractivity contribution < 1.29 is 0 Å². The molecule has 0 N–H and O–H groups in total. The lowest BCUT2D eigenvalue weighted by Crippen LogP contribution is -2.10. The fourth-order valence-corrected chi connectivity index (χ4v) is 1.95. The first-order valence-electron chi connectivity index (χ1n) is 6.11. The number of aromatic nitrogens is 3. The molecule has 0 aromatic carbocycles. The summed E-state index contributed by atoms with van der Waals surface area (Å²) in [6.45, 7) is 7.31. The second-order valence-corrected chi connectivity index (χ2v) is 4.03. The number of rotatable bonds is 6. The highest BCUT2D eigenvalue weighted by Gasteiger charge is 2.19. The predicted octanol–water partition coefficient (Wildman–Crippen LogP) is 2.85. The van der Waals surface area contributed by atoms with Crippen LogP contribution in [-0.2, 0) is 6.54 Å². The molecule has 1 rings (SSSR count). The lowest BCUT2D eigenvalue weighted by molar-refractivity contribution is 0.495. The van der Waals surface area contributed by atoms with Crippen molar-refractivity contribution in [1.82, 2.24) is 15.0 Å². The van der Waals surface area contributed by atoms with Gasteiger partial charge in [0.15, 0.2) is 5.69 Å². The molecule has 1 aromatic rings. The van der Waals surface area contributed by atoms with Gasteiger partial charge in [-0.1, -0.05) is 32.4 Å². The van der Waals surface area contributed by atoms with Gasteiger partial charge in [-0.3, -0.25) is 0 Å². The van der Waals surface area contributed by atoms with Gasteiger partial charge in [-0.25, -0.2) is 4.68 Å². The van der Waals surface area contributed by atoms with E-state index in [1.165, 1.54) is 0 Å². The minimum atomic E-state index is 0.404. The van der Waals surface area contributed by atoms with Crippen LogP contribution in [0.25, 0.3) is 0 Å². The Labute approximate surface area is 97.3 Å². The van der Waals surface area contributed by atoms with E-state index in [0.29, 0.717) is 11.6 Å². The molecule has 0 aliphatic heterocycles. The first-order valence-corrected chi connectivity index (χ1v) is 6.11. The molecule has 0 aliphatic rings. The Morgan fingerprint density at radius 1 is 1.31 bits per heavy atom. The number of nitriles is 1. The molecule has 16 heavy (non-hydrogen) atoms. The van der Waals surface area contributed by atoms with E-state index < -0.39 is 0 Å². The summed E-state index contributed by atoms with van der Waals surface area (Å²) in [6, 6.07) is 2.15. The molecule has 1 heterocycles. The van der Waals surface area contributed by atoms with Gasteiger partial charge in [0.05, 0.1) is 5.69 Å². The third-order valence-electron chi connectivity index (χ3n) is 2.98. The van der Waals surface area contributed by atoms with Crippen LogP contribution in [-0.4, -0.2) is 15.0 Å². The summed E-state index contributed by atoms with van der Waals surface area (Å²) in [7, 11) is 0. The monoisotopic (exact) mass is 220 g/mol. The molecular formula is C12H20N4. The zero-order valence-corrected chi connectivity index (χ0v) is 10.4. The van der Waals surface area contributed by atoms with Crippen molar-refractivity contribution in [2.24, 2.45) is 0 Å². The van der Waals surface area contributed by atoms with Gasteiger partial charge in [-0.05, 0) is 19.3 Å². The zero-order valence-electron chi connectivity index (χ0n) is 10.4. The largest absolute Gasteiger partial charge is 0.248 e. The van der Waals surface area contributed by atoms with Crippen LogP contribution in [0, 0.1) is 11.3 Å². The predicted molar refractivity (Wildman–Crippen MR) is 63.0 cm³/mol. The highest BCUT2D eigenvalue weighted by atomic mass is 15.4. The average molecular weight is 220 g/mol. The normalized spacial score (nSPS) is 10.7. The van der Waals surface area contributed by atoms with Crippen molar-refractivity contribution in [1.29, 1.82) is 5.26 Å². The van der Waals surface area contributed by atoms with E-state index in [1.807, 2.05) is 4.68 Å². The minimum absolute atomic E-state index is 0.404. The van der Waals surface area contributed by atoms with Crippen LogP contribution in [0.15, 0.2) is 0 Å². The summed E-state index contributed by atoms with van der Waals surface area (Å²) < 4.78 is 1.92. The maximum Gasteiger partial charge on any atom is 0.186 e. The lowest BCUT2D eigenvalue weighted by atomic mass is 9.97. The molecule has 4 heteroatoms. The van der Waals surface area contributed by atoms with Crippen molar-refractivity contribution in [2.45, 2.75) is 58.9 Å². The number of unbranched alkanes of at least 4 members (excludes halogenated alkanes) is 1. The van der Waals surface area contributed by atoms with E-state index in [1.54, 1.807) is 0 Å². The summed E-state index contributed by atoms with van der Waals surface area (Å²) in [5, 5.41) is 17.1. The van der Waals surface area contributed by atoms with Gasteiger partial charge in [0.2, 0.25) is 0 Å². The summed E-state index contributed by atoms with van der Waals surface area (Å²) in [6.07, 6.45) is 4.28. The van der Waals surface area contributed by atoms with Gasteiger partial charge in [-0.2, -0.15) is 5.26 Å². The van der Waals surface area contributed by atoms with Crippen LogP contribution in [0.4, 0.5) is 0 Å². The van der Waals surface area contributed by atoms with Gasteiger partial charge >= 0.3 is 0 Å². The zero-order chi connectivity index (χ0) is 12.0. The molecule has 0 saturated heterocycles. The first-order chi connectivity index (χ1) is 7.78. The van der Waals surface area contributed by atoms with Crippen LogP contribution in [0.1, 0.15) is 63.8 Å². The third kappa shape index (κ3) is 2.60. The molecule has 0 aliphatic carbocycles. The van der Waals surface area contributed by atoms with Crippen molar-refractivity contribution >= 4 is 0 Å². The van der Waals surface area contributed by atoms with Gasteiger partial charge < -0.3 is 0 Å². The van der Waals surface area contributed by atoms with Gasteiger partial charge in [0.1, 0.15) is 6.07 Å². The second kappa shape index (κ2) is 6.26. The molecule has 1 aromatic heterocycles. The highest BCUT2D eigenvalue weighted by molar-refractivity contribution is 5.27. The average Bonchev–Trinajstić information content (AvgIpc) is 2.71. The standard InChI is InChI=1S/C12H20N4/c1-4-7-8-16-12(10(5-2)6-3)11(9-13)14-15-16/h10H,4-8H2,1-3H3. The molecular weight excluding hydrogens is 200 g/mol. The van der Waals surface area contributed by atoms with E-state index in [4.69, 9.17) is 5.26 Å². The van der Waals surface area contributed by atoms with E-state index in [9.17, 15) is 0 Å². The molecule has 0 unspecified atom stereocenters. The molecule has 88 valence electrons. The number of aryl methyl sites for hydroxylation is 1. The van der Waals surface area contributed by atoms with E-state index >= 15 is 0 Å². The summed E-state index contributed by atoms with van der Waals surface area (Å²) in [4.78, 5) is 0. The molecule has 0 spiro atoms. The fourth-order valence-electron chi connectivity index (χ4n) is 1.95. The maximum absolute atomic E-state index is 9.03. The van der Waals surface area contributed by atoms with Crippen molar-refractivity contribution in [3.8, 4) is 6.07 Å². The summed E-state index contributed by atoms with van der Waals surface area (Å²) in [5.41, 5.74) is 1.53. The Hall–Kier alpha value is -1.37. The number of hydrogen-bond donors (Lipinski definition) is 0. The van der Waals surface area contributed by atoms with E-state index in [-0.39, 0.29) is 0 Å². The quantitative estimate of drug-likeness (QED) is 0.740. The number of nitrogens with zero attached hydrogens (tertiary/aromatic N) is 4. The van der Waals surface area contributed by atoms with Crippen LogP contribution in [0.2, 0.25) is 0 Å². The van der Waals surface area contributed by atoms with E-state index in [0.717, 1.165) is 37.9 Å². The Kier molecular flexibility index (Phi) is 4.97. The molecule has 0 radical (unpaired) electrons. The van der Waals surface area contributed by atoms with Crippen LogP contribution in [0.5, 0.6) is 0 Å². The Morgan fingerprint density at radius 3 is 2.50 bits per heavy atom. The fraction of sp³-hybridized carbons (Fsp3) is 0.750. The smallest absolute Gasteiger partial charge is 0.186 e. The summed E-state index contributed by atoms with van der Waals surface area (Å²) in [5.74, 6) is 0.404. The lowest BCUT2D eigenvalue weighted by Gasteiger charge is -2.14. The Balaban J connectivity index is 3.00. The molecule has 0 atom stereocenters. The maximum atomic E-state index is 9.03. The molecule has 0 amide bonds. The molecule has 0 bridgehead atoms. The van der Waals surface area contributed by atoms with Crippen LogP contribution < -0.4 is 0 Å². The van der Waals surface area contributed by atoms with Crippen molar-refractivity contribution in [3.05, 3.63) is 11.4 Å². The topological polar surface area (TPSA) is 54.5 Å². The van der Waals surface area contributed by atoms with Gasteiger partial charge in [0.25, 0.3) is 0 Å². The highest BCUT2D eigenvalue weighted by Crippen LogP contribution is 2.24. The molecule has 0 saturated carbocycles. The summed E-state index contributed by atoms with van der Waals surface area (Å²) >= 11 is 0. The Bertz CT molecular complexity index is 358. The van der Waals surface area contributed by atoms with Crippen LogP contribution >= 0.6 is 0 Å². The van der Waals surface area contributed by atoms with Gasteiger partial charge in [-0.15, -0.1) is 5.10 Å². The number of hydrogen-bond acceptors (Lipinski definition) is 3. The second-order valence-electron chi connectivity index (χ2n) is 4.03. The van der Waals surface area contributed by atoms with Gasteiger partial charge in [0, 0.05) is 12.5 Å². The van der Waals surface area contributed by atoms with Crippen LogP contribution in [0.3, 0.4) is 0 Å². The van der Waals surface area contributed by atoms with E-state index in [2.05, 4.69) is 37.2 Å². The first kappa shape index (κ1) is 12.7. The third-order valence-corrected chi connectivity index (χ3v) is 2.98. The van der Waals surface area contributed by atoms with Crippen molar-refractivity contribution in [2.75, 3.05) is 0 Å². The SMILES string of the molecule is CCCCn1nnc(C#N)c1C(CC)CC. The Morgan fingerprint density at radius 2 is 2.00 bits per heavy atom.